The first-order valence-corrected chi connectivity index (χ1v) is 8.06. The van der Waals surface area contributed by atoms with Crippen LogP contribution in [0.4, 0.5) is 5.69 Å². The maximum absolute atomic E-state index is 4.15. The van der Waals surface area contributed by atoms with E-state index in [1.807, 2.05) is 0 Å². The van der Waals surface area contributed by atoms with E-state index in [0.717, 1.165) is 11.6 Å². The Bertz CT molecular complexity index is 532. The van der Waals surface area contributed by atoms with Crippen LogP contribution in [0.5, 0.6) is 0 Å². The lowest BCUT2D eigenvalue weighted by Crippen LogP contribution is -2.18. The zero-order chi connectivity index (χ0) is 14.5. The van der Waals surface area contributed by atoms with Crippen molar-refractivity contribution >= 4 is 5.69 Å². The Morgan fingerprint density at radius 1 is 1.14 bits per heavy atom. The molecule has 4 nitrogen and oxygen atoms in total. The van der Waals surface area contributed by atoms with Crippen molar-refractivity contribution in [2.75, 3.05) is 5.32 Å². The van der Waals surface area contributed by atoms with E-state index in [2.05, 4.69) is 46.6 Å². The fourth-order valence-corrected chi connectivity index (χ4v) is 3.22. The molecule has 4 heteroatoms. The summed E-state index contributed by atoms with van der Waals surface area (Å²) < 4.78 is 1.78. The Labute approximate surface area is 126 Å². The molecule has 0 saturated heterocycles. The number of rotatable bonds is 4. The molecular weight excluding hydrogens is 260 g/mol. The number of anilines is 1. The van der Waals surface area contributed by atoms with Gasteiger partial charge in [0.2, 0.25) is 0 Å². The van der Waals surface area contributed by atoms with Gasteiger partial charge < -0.3 is 5.32 Å². The number of aromatic nitrogens is 3. The zero-order valence-corrected chi connectivity index (χ0v) is 12.7. The summed E-state index contributed by atoms with van der Waals surface area (Å²) in [6.07, 6.45) is 11.3. The second-order valence-electron chi connectivity index (χ2n) is 6.01. The summed E-state index contributed by atoms with van der Waals surface area (Å²) in [6, 6.07) is 9.07. The minimum absolute atomic E-state index is 0.624. The third-order valence-corrected chi connectivity index (χ3v) is 4.59. The summed E-state index contributed by atoms with van der Waals surface area (Å²) in [5, 5.41) is 7.84. The first-order chi connectivity index (χ1) is 10.3. The molecule has 1 saturated carbocycles. The van der Waals surface area contributed by atoms with Gasteiger partial charge >= 0.3 is 0 Å². The summed E-state index contributed by atoms with van der Waals surface area (Å²) >= 11 is 0. The van der Waals surface area contributed by atoms with Gasteiger partial charge in [-0.05, 0) is 49.4 Å². The third kappa shape index (κ3) is 3.63. The average molecular weight is 284 g/mol. The molecule has 2 unspecified atom stereocenters. The van der Waals surface area contributed by atoms with Crippen LogP contribution in [0, 0.1) is 5.92 Å². The highest BCUT2D eigenvalue weighted by atomic mass is 15.3. The molecule has 1 aromatic carbocycles. The lowest BCUT2D eigenvalue weighted by molar-refractivity contribution is 0.444. The number of hydrogen-bond donors (Lipinski definition) is 1. The third-order valence-electron chi connectivity index (χ3n) is 4.59. The van der Waals surface area contributed by atoms with Crippen LogP contribution in [-0.2, 0) is 0 Å². The maximum atomic E-state index is 4.15. The highest BCUT2D eigenvalue weighted by molar-refractivity contribution is 5.49. The Hall–Kier alpha value is -1.84. The topological polar surface area (TPSA) is 42.7 Å². The van der Waals surface area contributed by atoms with Gasteiger partial charge in [-0.3, -0.25) is 0 Å². The zero-order valence-electron chi connectivity index (χ0n) is 12.7. The van der Waals surface area contributed by atoms with E-state index in [1.54, 1.807) is 17.3 Å². The molecule has 0 spiro atoms. The largest absolute Gasteiger partial charge is 0.382 e. The molecule has 0 aliphatic heterocycles. The normalized spacial score (nSPS) is 22.7. The molecule has 1 aliphatic carbocycles. The predicted molar refractivity (Wildman–Crippen MR) is 85.6 cm³/mol. The molecule has 0 amide bonds. The molecule has 112 valence electrons. The van der Waals surface area contributed by atoms with Crippen molar-refractivity contribution in [3.05, 3.63) is 36.9 Å². The summed E-state index contributed by atoms with van der Waals surface area (Å²) in [5.74, 6) is 0.937. The molecule has 1 aromatic heterocycles. The van der Waals surface area contributed by atoms with Gasteiger partial charge in [0.25, 0.3) is 0 Å². The van der Waals surface area contributed by atoms with Crippen LogP contribution in [-0.4, -0.2) is 20.8 Å². The van der Waals surface area contributed by atoms with Crippen LogP contribution in [0.2, 0.25) is 0 Å². The number of hydrogen-bond acceptors (Lipinski definition) is 3. The van der Waals surface area contributed by atoms with E-state index in [-0.39, 0.29) is 0 Å². The molecule has 21 heavy (non-hydrogen) atoms. The SMILES string of the molecule is CCC1CCCC(Nc2ccc(-n3cncn3)cc2)CC1. The first kappa shape index (κ1) is 14.1. The fourth-order valence-electron chi connectivity index (χ4n) is 3.22. The first-order valence-electron chi connectivity index (χ1n) is 8.06. The average Bonchev–Trinajstić information content (AvgIpc) is 2.96. The summed E-state index contributed by atoms with van der Waals surface area (Å²) in [6.45, 7) is 2.32. The van der Waals surface area contributed by atoms with Crippen LogP contribution < -0.4 is 5.32 Å². The van der Waals surface area contributed by atoms with E-state index in [4.69, 9.17) is 0 Å². The maximum Gasteiger partial charge on any atom is 0.138 e. The minimum atomic E-state index is 0.624. The number of benzene rings is 1. The molecule has 0 bridgehead atoms. The number of nitrogens with one attached hydrogen (secondary N) is 1. The van der Waals surface area contributed by atoms with Gasteiger partial charge in [0, 0.05) is 11.7 Å². The monoisotopic (exact) mass is 284 g/mol. The summed E-state index contributed by atoms with van der Waals surface area (Å²) in [7, 11) is 0. The molecule has 1 fully saturated rings. The lowest BCUT2D eigenvalue weighted by Gasteiger charge is -2.18. The van der Waals surface area contributed by atoms with Gasteiger partial charge in [0.15, 0.2) is 0 Å². The van der Waals surface area contributed by atoms with Crippen molar-refractivity contribution in [1.82, 2.24) is 14.8 Å². The quantitative estimate of drug-likeness (QED) is 0.862. The van der Waals surface area contributed by atoms with Gasteiger partial charge in [-0.25, -0.2) is 9.67 Å². The molecule has 3 rings (SSSR count). The van der Waals surface area contributed by atoms with Crippen molar-refractivity contribution < 1.29 is 0 Å². The summed E-state index contributed by atoms with van der Waals surface area (Å²) in [5.41, 5.74) is 2.25. The Balaban J connectivity index is 1.60. The van der Waals surface area contributed by atoms with Crippen molar-refractivity contribution in [3.63, 3.8) is 0 Å². The van der Waals surface area contributed by atoms with Crippen LogP contribution >= 0.6 is 0 Å². The molecule has 1 N–H and O–H groups in total. The number of nitrogens with zero attached hydrogens (tertiary/aromatic N) is 3. The van der Waals surface area contributed by atoms with Crippen molar-refractivity contribution in [2.45, 2.75) is 51.5 Å². The smallest absolute Gasteiger partial charge is 0.138 e. The standard InChI is InChI=1S/C17H24N4/c1-2-14-4-3-5-15(7-6-14)20-16-8-10-17(11-9-16)21-13-18-12-19-21/h8-15,20H,2-7H2,1H3. The van der Waals surface area contributed by atoms with Gasteiger partial charge in [-0.1, -0.05) is 26.2 Å². The van der Waals surface area contributed by atoms with Gasteiger partial charge in [-0.2, -0.15) is 5.10 Å². The lowest BCUT2D eigenvalue weighted by atomic mass is 9.98. The van der Waals surface area contributed by atoms with Crippen LogP contribution in [0.1, 0.15) is 45.4 Å². The molecule has 1 aliphatic rings. The van der Waals surface area contributed by atoms with Gasteiger partial charge in [0.1, 0.15) is 12.7 Å². The Kier molecular flexibility index (Phi) is 4.53. The molecule has 2 aromatic rings. The molecular formula is C17H24N4. The van der Waals surface area contributed by atoms with E-state index in [1.165, 1.54) is 44.2 Å². The van der Waals surface area contributed by atoms with Crippen LogP contribution in [0.25, 0.3) is 5.69 Å². The van der Waals surface area contributed by atoms with Gasteiger partial charge in [0.05, 0.1) is 5.69 Å². The van der Waals surface area contributed by atoms with E-state index in [9.17, 15) is 0 Å². The van der Waals surface area contributed by atoms with Crippen molar-refractivity contribution in [2.24, 2.45) is 5.92 Å². The highest BCUT2D eigenvalue weighted by Crippen LogP contribution is 2.27. The molecule has 2 atom stereocenters. The van der Waals surface area contributed by atoms with E-state index in [0.29, 0.717) is 6.04 Å². The summed E-state index contributed by atoms with van der Waals surface area (Å²) in [4.78, 5) is 3.98. The fraction of sp³-hybridized carbons (Fsp3) is 0.529. The van der Waals surface area contributed by atoms with E-state index >= 15 is 0 Å². The minimum Gasteiger partial charge on any atom is -0.382 e. The molecule has 0 radical (unpaired) electrons. The molecule has 1 heterocycles. The Morgan fingerprint density at radius 3 is 2.71 bits per heavy atom. The van der Waals surface area contributed by atoms with Gasteiger partial charge in [-0.15, -0.1) is 0 Å². The van der Waals surface area contributed by atoms with Crippen LogP contribution in [0.15, 0.2) is 36.9 Å². The van der Waals surface area contributed by atoms with Crippen molar-refractivity contribution in [3.8, 4) is 5.69 Å². The van der Waals surface area contributed by atoms with Crippen molar-refractivity contribution in [1.29, 1.82) is 0 Å². The second kappa shape index (κ2) is 6.74. The van der Waals surface area contributed by atoms with Crippen LogP contribution in [0.3, 0.4) is 0 Å². The van der Waals surface area contributed by atoms with E-state index < -0.39 is 0 Å². The predicted octanol–water partition coefficient (Wildman–Crippen LogP) is 4.04. The highest BCUT2D eigenvalue weighted by Gasteiger charge is 2.17. The Morgan fingerprint density at radius 2 is 2.00 bits per heavy atom. The second-order valence-corrected chi connectivity index (χ2v) is 6.01.